The molecular weight excluding hydrogens is 276 g/mol. The molecule has 6 heteroatoms. The van der Waals surface area contributed by atoms with Gasteiger partial charge in [0.05, 0.1) is 18.3 Å². The van der Waals surface area contributed by atoms with Crippen molar-refractivity contribution in [2.24, 2.45) is 0 Å². The highest BCUT2D eigenvalue weighted by atomic mass is 79.9. The van der Waals surface area contributed by atoms with Crippen molar-refractivity contribution >= 4 is 21.8 Å². The first-order chi connectivity index (χ1) is 7.67. The average molecular weight is 291 g/mol. The van der Waals surface area contributed by atoms with Crippen LogP contribution in [-0.4, -0.2) is 36.2 Å². The standard InChI is InChI=1S/C10H15BrN2O3/c1-7-5-9(16-13-7)10(14)12-8(3-4-11)6-15-2/h5,8H,3-4,6H2,1-2H3,(H,12,14). The molecule has 90 valence electrons. The van der Waals surface area contributed by atoms with Crippen LogP contribution in [0.1, 0.15) is 22.7 Å². The Balaban J connectivity index is 2.54. The number of aromatic nitrogens is 1. The van der Waals surface area contributed by atoms with Gasteiger partial charge in [-0.2, -0.15) is 0 Å². The van der Waals surface area contributed by atoms with Gasteiger partial charge < -0.3 is 14.6 Å². The molecule has 0 radical (unpaired) electrons. The molecule has 0 aliphatic heterocycles. The molecule has 16 heavy (non-hydrogen) atoms. The number of amides is 1. The minimum atomic E-state index is -0.261. The van der Waals surface area contributed by atoms with Crippen LogP contribution in [0.5, 0.6) is 0 Å². The van der Waals surface area contributed by atoms with E-state index in [0.29, 0.717) is 12.3 Å². The monoisotopic (exact) mass is 290 g/mol. The van der Waals surface area contributed by atoms with E-state index in [-0.39, 0.29) is 17.7 Å². The third-order valence-electron chi connectivity index (χ3n) is 2.01. The topological polar surface area (TPSA) is 64.4 Å². The van der Waals surface area contributed by atoms with Gasteiger partial charge in [0.15, 0.2) is 0 Å². The summed E-state index contributed by atoms with van der Waals surface area (Å²) in [6.07, 6.45) is 0.798. The minimum Gasteiger partial charge on any atom is -0.383 e. The lowest BCUT2D eigenvalue weighted by Gasteiger charge is -2.15. The number of carbonyl (C=O) groups is 1. The van der Waals surface area contributed by atoms with Gasteiger partial charge in [0.2, 0.25) is 5.76 Å². The second-order valence-electron chi connectivity index (χ2n) is 3.44. The van der Waals surface area contributed by atoms with E-state index in [4.69, 9.17) is 9.26 Å². The van der Waals surface area contributed by atoms with Crippen LogP contribution in [0.3, 0.4) is 0 Å². The highest BCUT2D eigenvalue weighted by molar-refractivity contribution is 9.09. The Bertz CT molecular complexity index is 335. The van der Waals surface area contributed by atoms with Crippen molar-refractivity contribution in [2.75, 3.05) is 19.0 Å². The molecule has 0 aromatic carbocycles. The molecule has 5 nitrogen and oxygen atoms in total. The number of rotatable bonds is 6. The molecule has 1 amide bonds. The second kappa shape index (κ2) is 6.65. The molecule has 1 rings (SSSR count). The molecule has 0 saturated carbocycles. The lowest BCUT2D eigenvalue weighted by Crippen LogP contribution is -2.38. The van der Waals surface area contributed by atoms with Crippen LogP contribution in [0.2, 0.25) is 0 Å². The maximum absolute atomic E-state index is 11.7. The number of ether oxygens (including phenoxy) is 1. The fourth-order valence-corrected chi connectivity index (χ4v) is 1.81. The van der Waals surface area contributed by atoms with E-state index >= 15 is 0 Å². The zero-order chi connectivity index (χ0) is 12.0. The van der Waals surface area contributed by atoms with E-state index in [2.05, 4.69) is 26.4 Å². The molecule has 1 heterocycles. The van der Waals surface area contributed by atoms with Crippen molar-refractivity contribution in [1.82, 2.24) is 10.5 Å². The van der Waals surface area contributed by atoms with Gasteiger partial charge in [0.25, 0.3) is 5.91 Å². The SMILES string of the molecule is COCC(CCBr)NC(=O)c1cc(C)no1. The second-order valence-corrected chi connectivity index (χ2v) is 4.23. The van der Waals surface area contributed by atoms with Gasteiger partial charge in [-0.25, -0.2) is 0 Å². The van der Waals surface area contributed by atoms with E-state index in [1.165, 1.54) is 0 Å². The van der Waals surface area contributed by atoms with Gasteiger partial charge in [-0.05, 0) is 13.3 Å². The molecule has 1 N–H and O–H groups in total. The molecule has 1 aromatic rings. The first kappa shape index (κ1) is 13.2. The van der Waals surface area contributed by atoms with Gasteiger partial charge in [-0.15, -0.1) is 0 Å². The molecule has 0 saturated heterocycles. The van der Waals surface area contributed by atoms with Gasteiger partial charge in [0.1, 0.15) is 0 Å². The Kier molecular flexibility index (Phi) is 5.48. The number of carbonyl (C=O) groups excluding carboxylic acids is 1. The summed E-state index contributed by atoms with van der Waals surface area (Å²) in [6.45, 7) is 2.25. The van der Waals surface area contributed by atoms with E-state index < -0.39 is 0 Å². The number of nitrogens with zero attached hydrogens (tertiary/aromatic N) is 1. The first-order valence-electron chi connectivity index (χ1n) is 4.96. The van der Waals surface area contributed by atoms with Crippen LogP contribution >= 0.6 is 15.9 Å². The van der Waals surface area contributed by atoms with Crippen molar-refractivity contribution in [2.45, 2.75) is 19.4 Å². The predicted molar refractivity (Wildman–Crippen MR) is 62.8 cm³/mol. The van der Waals surface area contributed by atoms with Crippen LogP contribution in [0, 0.1) is 6.92 Å². The summed E-state index contributed by atoms with van der Waals surface area (Å²) >= 11 is 3.33. The summed E-state index contributed by atoms with van der Waals surface area (Å²) in [4.78, 5) is 11.7. The predicted octanol–water partition coefficient (Wildman–Crippen LogP) is 1.51. The Hall–Kier alpha value is -0.880. The molecule has 0 aliphatic rings. The van der Waals surface area contributed by atoms with Crippen molar-refractivity contribution in [3.63, 3.8) is 0 Å². The van der Waals surface area contributed by atoms with Gasteiger partial charge in [0, 0.05) is 18.5 Å². The minimum absolute atomic E-state index is 0.0257. The lowest BCUT2D eigenvalue weighted by atomic mass is 10.2. The summed E-state index contributed by atoms with van der Waals surface area (Å²) in [6, 6.07) is 1.58. The largest absolute Gasteiger partial charge is 0.383 e. The summed E-state index contributed by atoms with van der Waals surface area (Å²) in [5.74, 6) is -0.0308. The van der Waals surface area contributed by atoms with Crippen LogP contribution < -0.4 is 5.32 Å². The lowest BCUT2D eigenvalue weighted by molar-refractivity contribution is 0.0859. The summed E-state index contributed by atoms with van der Waals surface area (Å²) < 4.78 is 9.89. The summed E-state index contributed by atoms with van der Waals surface area (Å²) in [5, 5.41) is 7.28. The van der Waals surface area contributed by atoms with Crippen LogP contribution in [0.4, 0.5) is 0 Å². The van der Waals surface area contributed by atoms with E-state index in [1.807, 2.05) is 0 Å². The third-order valence-corrected chi connectivity index (χ3v) is 2.47. The molecule has 1 atom stereocenters. The first-order valence-corrected chi connectivity index (χ1v) is 6.08. The number of aryl methyl sites for hydroxylation is 1. The van der Waals surface area contributed by atoms with Crippen molar-refractivity contribution in [1.29, 1.82) is 0 Å². The van der Waals surface area contributed by atoms with Crippen molar-refractivity contribution < 1.29 is 14.1 Å². The van der Waals surface area contributed by atoms with Crippen molar-refractivity contribution in [3.8, 4) is 0 Å². The highest BCUT2D eigenvalue weighted by Gasteiger charge is 2.16. The number of hydrogen-bond donors (Lipinski definition) is 1. The van der Waals surface area contributed by atoms with Gasteiger partial charge in [-0.1, -0.05) is 21.1 Å². The molecule has 0 spiro atoms. The van der Waals surface area contributed by atoms with E-state index in [0.717, 1.165) is 11.8 Å². The average Bonchev–Trinajstić information content (AvgIpc) is 2.65. The molecular formula is C10H15BrN2O3. The Labute approximate surface area is 103 Å². The quantitative estimate of drug-likeness (QED) is 0.807. The summed E-state index contributed by atoms with van der Waals surface area (Å²) in [7, 11) is 1.60. The Morgan fingerprint density at radius 2 is 2.50 bits per heavy atom. The molecule has 1 unspecified atom stereocenters. The molecule has 0 bridgehead atoms. The van der Waals surface area contributed by atoms with E-state index in [1.54, 1.807) is 20.1 Å². The van der Waals surface area contributed by atoms with E-state index in [9.17, 15) is 4.79 Å². The zero-order valence-electron chi connectivity index (χ0n) is 9.33. The number of halogens is 1. The molecule has 0 aliphatic carbocycles. The van der Waals surface area contributed by atoms with Crippen LogP contribution in [0.25, 0.3) is 0 Å². The number of hydrogen-bond acceptors (Lipinski definition) is 4. The summed E-state index contributed by atoms with van der Waals surface area (Å²) in [5.41, 5.74) is 0.689. The Morgan fingerprint density at radius 1 is 1.75 bits per heavy atom. The zero-order valence-corrected chi connectivity index (χ0v) is 10.9. The normalized spacial score (nSPS) is 12.4. The van der Waals surface area contributed by atoms with Crippen molar-refractivity contribution in [3.05, 3.63) is 17.5 Å². The fourth-order valence-electron chi connectivity index (χ4n) is 1.26. The van der Waals surface area contributed by atoms with Crippen LogP contribution in [0.15, 0.2) is 10.6 Å². The third kappa shape index (κ3) is 3.94. The molecule has 0 fully saturated rings. The maximum Gasteiger partial charge on any atom is 0.290 e. The number of alkyl halides is 1. The van der Waals surface area contributed by atoms with Crippen LogP contribution in [-0.2, 0) is 4.74 Å². The Morgan fingerprint density at radius 3 is 3.00 bits per heavy atom. The van der Waals surface area contributed by atoms with Gasteiger partial charge in [-0.3, -0.25) is 4.79 Å². The maximum atomic E-state index is 11.7. The highest BCUT2D eigenvalue weighted by Crippen LogP contribution is 2.04. The number of nitrogens with one attached hydrogen (secondary N) is 1. The number of methoxy groups -OCH3 is 1. The molecule has 1 aromatic heterocycles. The van der Waals surface area contributed by atoms with Gasteiger partial charge >= 0.3 is 0 Å². The fraction of sp³-hybridized carbons (Fsp3) is 0.600. The smallest absolute Gasteiger partial charge is 0.290 e.